The van der Waals surface area contributed by atoms with Gasteiger partial charge in [-0.1, -0.05) is 0 Å². The van der Waals surface area contributed by atoms with E-state index in [4.69, 9.17) is 0 Å². The molecular weight excluding hydrogens is 164 g/mol. The van der Waals surface area contributed by atoms with Gasteiger partial charge in [0.2, 0.25) is 5.91 Å². The Morgan fingerprint density at radius 2 is 2.00 bits per heavy atom. The Morgan fingerprint density at radius 3 is 2.54 bits per heavy atom. The van der Waals surface area contributed by atoms with Crippen molar-refractivity contribution >= 4 is 5.91 Å². The van der Waals surface area contributed by atoms with Crippen LogP contribution in [0.2, 0.25) is 0 Å². The van der Waals surface area contributed by atoms with Gasteiger partial charge < -0.3 is 10.2 Å². The third-order valence-corrected chi connectivity index (χ3v) is 3.44. The first kappa shape index (κ1) is 9.00. The molecule has 3 nitrogen and oxygen atoms in total. The molecule has 1 atom stereocenters. The van der Waals surface area contributed by atoms with Gasteiger partial charge in [-0.15, -0.1) is 0 Å². The number of likely N-dealkylation sites (tertiary alicyclic amines) is 1. The minimum absolute atomic E-state index is 0.254. The fourth-order valence-corrected chi connectivity index (χ4v) is 2.46. The third kappa shape index (κ3) is 2.02. The number of nitrogens with one attached hydrogen (secondary N) is 1. The molecule has 3 heteroatoms. The van der Waals surface area contributed by atoms with Gasteiger partial charge in [0.1, 0.15) is 0 Å². The predicted octanol–water partition coefficient (Wildman–Crippen LogP) is 0.464. The summed E-state index contributed by atoms with van der Waals surface area (Å²) >= 11 is 0. The maximum Gasteiger partial charge on any atom is 0.220 e. The largest absolute Gasteiger partial charge is 0.356 e. The Bertz CT molecular complexity index is 197. The summed E-state index contributed by atoms with van der Waals surface area (Å²) in [5.41, 5.74) is 0. The first-order valence-electron chi connectivity index (χ1n) is 5.21. The van der Waals surface area contributed by atoms with E-state index in [0.29, 0.717) is 5.92 Å². The molecule has 1 N–H and O–H groups in total. The van der Waals surface area contributed by atoms with Crippen molar-refractivity contribution < 1.29 is 4.79 Å². The molecule has 0 aromatic heterocycles. The number of hydrogen-bond acceptors (Lipinski definition) is 2. The maximum atomic E-state index is 11.0. The second-order valence-corrected chi connectivity index (χ2v) is 4.41. The zero-order valence-electron chi connectivity index (χ0n) is 8.25. The van der Waals surface area contributed by atoms with E-state index in [9.17, 15) is 4.79 Å². The van der Waals surface area contributed by atoms with Gasteiger partial charge in [-0.2, -0.15) is 0 Å². The van der Waals surface area contributed by atoms with Crippen molar-refractivity contribution in [2.45, 2.75) is 19.3 Å². The lowest BCUT2D eigenvalue weighted by Gasteiger charge is -2.31. The third-order valence-electron chi connectivity index (χ3n) is 3.44. The summed E-state index contributed by atoms with van der Waals surface area (Å²) in [4.78, 5) is 13.4. The Labute approximate surface area is 79.5 Å². The van der Waals surface area contributed by atoms with Crippen LogP contribution in [0.3, 0.4) is 0 Å². The minimum Gasteiger partial charge on any atom is -0.356 e. The van der Waals surface area contributed by atoms with Gasteiger partial charge in [0.05, 0.1) is 0 Å². The monoisotopic (exact) mass is 182 g/mol. The number of hydrogen-bond donors (Lipinski definition) is 1. The fraction of sp³-hybridized carbons (Fsp3) is 0.900. The van der Waals surface area contributed by atoms with Gasteiger partial charge in [-0.3, -0.25) is 4.79 Å². The molecule has 74 valence electrons. The lowest BCUT2D eigenvalue weighted by atomic mass is 9.84. The van der Waals surface area contributed by atoms with E-state index < -0.39 is 0 Å². The zero-order valence-corrected chi connectivity index (χ0v) is 8.25. The Kier molecular flexibility index (Phi) is 2.54. The zero-order chi connectivity index (χ0) is 9.26. The summed E-state index contributed by atoms with van der Waals surface area (Å²) in [5.74, 6) is 1.67. The van der Waals surface area contributed by atoms with Gasteiger partial charge in [0.25, 0.3) is 0 Å². The van der Waals surface area contributed by atoms with Crippen molar-refractivity contribution in [3.63, 3.8) is 0 Å². The molecule has 2 rings (SSSR count). The van der Waals surface area contributed by atoms with Crippen LogP contribution in [0.5, 0.6) is 0 Å². The second-order valence-electron chi connectivity index (χ2n) is 4.41. The number of amides is 1. The number of carbonyl (C=O) groups is 1. The molecule has 2 saturated heterocycles. The number of carbonyl (C=O) groups excluding carboxylic acids is 1. The SMILES string of the molecule is CN1CCC(C2CNC(=O)C2)CC1. The van der Waals surface area contributed by atoms with Crippen LogP contribution in [-0.4, -0.2) is 37.5 Å². The molecule has 0 bridgehead atoms. The van der Waals surface area contributed by atoms with Crippen LogP contribution in [0.25, 0.3) is 0 Å². The molecule has 0 aromatic rings. The van der Waals surface area contributed by atoms with Gasteiger partial charge in [0.15, 0.2) is 0 Å². The first-order valence-corrected chi connectivity index (χ1v) is 5.21. The molecule has 1 unspecified atom stereocenters. The predicted molar refractivity (Wildman–Crippen MR) is 51.3 cm³/mol. The van der Waals surface area contributed by atoms with Crippen LogP contribution in [0.1, 0.15) is 19.3 Å². The molecular formula is C10H18N2O. The molecule has 13 heavy (non-hydrogen) atoms. The molecule has 2 aliphatic rings. The van der Waals surface area contributed by atoms with Crippen LogP contribution >= 0.6 is 0 Å². The highest BCUT2D eigenvalue weighted by Gasteiger charge is 2.30. The first-order chi connectivity index (χ1) is 6.25. The topological polar surface area (TPSA) is 32.3 Å². The number of nitrogens with zero attached hydrogens (tertiary/aromatic N) is 1. The second kappa shape index (κ2) is 3.66. The molecule has 0 spiro atoms. The quantitative estimate of drug-likeness (QED) is 0.639. The van der Waals surface area contributed by atoms with Crippen LogP contribution in [0, 0.1) is 11.8 Å². The van der Waals surface area contributed by atoms with Crippen molar-refractivity contribution in [3.8, 4) is 0 Å². The van der Waals surface area contributed by atoms with E-state index in [-0.39, 0.29) is 5.91 Å². The summed E-state index contributed by atoms with van der Waals surface area (Å²) in [7, 11) is 2.17. The summed E-state index contributed by atoms with van der Waals surface area (Å²) in [6.45, 7) is 3.33. The molecule has 2 heterocycles. The Hall–Kier alpha value is -0.570. The van der Waals surface area contributed by atoms with E-state index >= 15 is 0 Å². The van der Waals surface area contributed by atoms with Gasteiger partial charge in [-0.25, -0.2) is 0 Å². The highest BCUT2D eigenvalue weighted by molar-refractivity contribution is 5.78. The summed E-state index contributed by atoms with van der Waals surface area (Å²) < 4.78 is 0. The van der Waals surface area contributed by atoms with Crippen molar-refractivity contribution in [1.82, 2.24) is 10.2 Å². The summed E-state index contributed by atoms with van der Waals surface area (Å²) in [5, 5.41) is 2.93. The average Bonchev–Trinajstić information content (AvgIpc) is 2.53. The van der Waals surface area contributed by atoms with Crippen LogP contribution in [0.15, 0.2) is 0 Å². The molecule has 2 fully saturated rings. The van der Waals surface area contributed by atoms with E-state index in [1.165, 1.54) is 25.9 Å². The highest BCUT2D eigenvalue weighted by Crippen LogP contribution is 2.28. The lowest BCUT2D eigenvalue weighted by Crippen LogP contribution is -2.33. The van der Waals surface area contributed by atoms with E-state index in [1.54, 1.807) is 0 Å². The minimum atomic E-state index is 0.254. The van der Waals surface area contributed by atoms with E-state index in [0.717, 1.165) is 18.9 Å². The van der Waals surface area contributed by atoms with Crippen molar-refractivity contribution in [2.24, 2.45) is 11.8 Å². The summed E-state index contributed by atoms with van der Waals surface area (Å²) in [6, 6.07) is 0. The van der Waals surface area contributed by atoms with Crippen molar-refractivity contribution in [1.29, 1.82) is 0 Å². The van der Waals surface area contributed by atoms with Crippen LogP contribution < -0.4 is 5.32 Å². The van der Waals surface area contributed by atoms with Crippen molar-refractivity contribution in [2.75, 3.05) is 26.7 Å². The van der Waals surface area contributed by atoms with Crippen LogP contribution in [0.4, 0.5) is 0 Å². The van der Waals surface area contributed by atoms with E-state index in [1.807, 2.05) is 0 Å². The maximum absolute atomic E-state index is 11.0. The highest BCUT2D eigenvalue weighted by atomic mass is 16.1. The van der Waals surface area contributed by atoms with Crippen LogP contribution in [-0.2, 0) is 4.79 Å². The molecule has 0 saturated carbocycles. The Morgan fingerprint density at radius 1 is 1.31 bits per heavy atom. The average molecular weight is 182 g/mol. The Balaban J connectivity index is 1.84. The smallest absolute Gasteiger partial charge is 0.220 e. The molecule has 0 aliphatic carbocycles. The van der Waals surface area contributed by atoms with Gasteiger partial charge >= 0.3 is 0 Å². The molecule has 2 aliphatic heterocycles. The van der Waals surface area contributed by atoms with E-state index in [2.05, 4.69) is 17.3 Å². The van der Waals surface area contributed by atoms with Gasteiger partial charge in [-0.05, 0) is 44.8 Å². The number of rotatable bonds is 1. The normalized spacial score (nSPS) is 32.1. The fourth-order valence-electron chi connectivity index (χ4n) is 2.46. The summed E-state index contributed by atoms with van der Waals surface area (Å²) in [6.07, 6.45) is 3.32. The molecule has 0 aromatic carbocycles. The standard InChI is InChI=1S/C10H18N2O/c1-12-4-2-8(3-5-12)9-6-10(13)11-7-9/h8-9H,2-7H2,1H3,(H,11,13). The van der Waals surface area contributed by atoms with Gasteiger partial charge in [0, 0.05) is 13.0 Å². The van der Waals surface area contributed by atoms with Crippen molar-refractivity contribution in [3.05, 3.63) is 0 Å². The number of piperidine rings is 1. The lowest BCUT2D eigenvalue weighted by molar-refractivity contribution is -0.119. The molecule has 0 radical (unpaired) electrons. The molecule has 1 amide bonds.